The van der Waals surface area contributed by atoms with Gasteiger partial charge in [0, 0.05) is 18.6 Å². The molecule has 3 nitrogen and oxygen atoms in total. The van der Waals surface area contributed by atoms with E-state index in [-0.39, 0.29) is 5.54 Å². The highest BCUT2D eigenvalue weighted by Crippen LogP contribution is 2.46. The summed E-state index contributed by atoms with van der Waals surface area (Å²) >= 11 is 0. The number of carbonyl (C=O) groups is 1. The van der Waals surface area contributed by atoms with Gasteiger partial charge in [-0.05, 0) is 46.0 Å². The molecule has 0 atom stereocenters. The molecule has 100 valence electrons. The van der Waals surface area contributed by atoms with Crippen molar-refractivity contribution in [2.24, 2.45) is 10.8 Å². The molecule has 0 spiro atoms. The number of aliphatic carboxylic acids is 1. The number of likely N-dealkylation sites (tertiary alicyclic amines) is 1. The van der Waals surface area contributed by atoms with E-state index < -0.39 is 11.4 Å². The Labute approximate surface area is 105 Å². The SMILES string of the molecule is CCC1(CC)CN(C(C)(C)C(C)(C)C(=O)O)C1. The Morgan fingerprint density at radius 3 is 1.88 bits per heavy atom. The van der Waals surface area contributed by atoms with Gasteiger partial charge in [0.1, 0.15) is 0 Å². The third kappa shape index (κ3) is 2.10. The summed E-state index contributed by atoms with van der Waals surface area (Å²) in [6, 6.07) is 0. The maximum atomic E-state index is 11.4. The highest BCUT2D eigenvalue weighted by Gasteiger charge is 2.54. The fourth-order valence-electron chi connectivity index (χ4n) is 2.51. The molecule has 17 heavy (non-hydrogen) atoms. The second kappa shape index (κ2) is 4.27. The Morgan fingerprint density at radius 1 is 1.18 bits per heavy atom. The molecule has 1 saturated heterocycles. The van der Waals surface area contributed by atoms with Crippen molar-refractivity contribution in [2.75, 3.05) is 13.1 Å². The van der Waals surface area contributed by atoms with Crippen molar-refractivity contribution in [1.82, 2.24) is 4.90 Å². The predicted molar refractivity (Wildman–Crippen MR) is 70.1 cm³/mol. The van der Waals surface area contributed by atoms with Crippen molar-refractivity contribution in [1.29, 1.82) is 0 Å². The first kappa shape index (κ1) is 14.5. The van der Waals surface area contributed by atoms with E-state index in [1.165, 1.54) is 12.8 Å². The molecule has 0 radical (unpaired) electrons. The molecule has 1 rings (SSSR count). The van der Waals surface area contributed by atoms with Crippen LogP contribution in [-0.4, -0.2) is 34.6 Å². The van der Waals surface area contributed by atoms with E-state index in [0.717, 1.165) is 13.1 Å². The fourth-order valence-corrected chi connectivity index (χ4v) is 2.51. The van der Waals surface area contributed by atoms with Crippen LogP contribution in [0.1, 0.15) is 54.4 Å². The first-order valence-electron chi connectivity index (χ1n) is 6.61. The van der Waals surface area contributed by atoms with Crippen LogP contribution in [0.2, 0.25) is 0 Å². The number of hydrogen-bond acceptors (Lipinski definition) is 2. The molecule has 1 aliphatic heterocycles. The van der Waals surface area contributed by atoms with Crippen LogP contribution in [0.4, 0.5) is 0 Å². The predicted octanol–water partition coefficient (Wildman–Crippen LogP) is 3.00. The summed E-state index contributed by atoms with van der Waals surface area (Å²) in [5, 5.41) is 9.36. The van der Waals surface area contributed by atoms with Crippen LogP contribution >= 0.6 is 0 Å². The molecule has 0 amide bonds. The first-order valence-corrected chi connectivity index (χ1v) is 6.61. The van der Waals surface area contributed by atoms with Gasteiger partial charge in [0.2, 0.25) is 0 Å². The number of hydrogen-bond donors (Lipinski definition) is 1. The van der Waals surface area contributed by atoms with Crippen molar-refractivity contribution in [3.8, 4) is 0 Å². The molecule has 0 aromatic heterocycles. The Kier molecular flexibility index (Phi) is 3.64. The summed E-state index contributed by atoms with van der Waals surface area (Å²) in [5.74, 6) is -0.715. The highest BCUT2D eigenvalue weighted by atomic mass is 16.4. The summed E-state index contributed by atoms with van der Waals surface area (Å²) in [6.07, 6.45) is 2.37. The van der Waals surface area contributed by atoms with Gasteiger partial charge in [-0.3, -0.25) is 9.69 Å². The number of carboxylic acid groups (broad SMARTS) is 1. The largest absolute Gasteiger partial charge is 0.481 e. The van der Waals surface area contributed by atoms with Crippen LogP contribution < -0.4 is 0 Å². The minimum Gasteiger partial charge on any atom is -0.481 e. The molecule has 3 heteroatoms. The lowest BCUT2D eigenvalue weighted by Crippen LogP contribution is -2.68. The lowest BCUT2D eigenvalue weighted by molar-refractivity contribution is -0.166. The third-order valence-electron chi connectivity index (χ3n) is 5.41. The lowest BCUT2D eigenvalue weighted by atomic mass is 9.66. The molecule has 0 bridgehead atoms. The Bertz CT molecular complexity index is 295. The van der Waals surface area contributed by atoms with Gasteiger partial charge >= 0.3 is 5.97 Å². The first-order chi connectivity index (χ1) is 7.63. The summed E-state index contributed by atoms with van der Waals surface area (Å²) in [6.45, 7) is 14.3. The molecule has 0 aromatic carbocycles. The van der Waals surface area contributed by atoms with Crippen LogP contribution in [0, 0.1) is 10.8 Å². The zero-order valence-corrected chi connectivity index (χ0v) is 12.1. The molecule has 0 unspecified atom stereocenters. The molecule has 0 aliphatic carbocycles. The number of rotatable bonds is 5. The zero-order chi connectivity index (χ0) is 13.5. The number of nitrogens with zero attached hydrogens (tertiary/aromatic N) is 1. The minimum atomic E-state index is -0.722. The van der Waals surface area contributed by atoms with E-state index >= 15 is 0 Å². The molecule has 1 aliphatic rings. The maximum Gasteiger partial charge on any atom is 0.310 e. The second-order valence-corrected chi connectivity index (χ2v) is 6.55. The van der Waals surface area contributed by atoms with Gasteiger partial charge in [-0.1, -0.05) is 13.8 Å². The summed E-state index contributed by atoms with van der Waals surface area (Å²) in [4.78, 5) is 13.7. The molecule has 1 fully saturated rings. The smallest absolute Gasteiger partial charge is 0.310 e. The molecular weight excluding hydrogens is 214 g/mol. The van der Waals surface area contributed by atoms with Crippen molar-refractivity contribution < 1.29 is 9.90 Å². The van der Waals surface area contributed by atoms with E-state index in [9.17, 15) is 9.90 Å². The zero-order valence-electron chi connectivity index (χ0n) is 12.1. The molecule has 1 heterocycles. The van der Waals surface area contributed by atoms with Crippen LogP contribution in [-0.2, 0) is 4.79 Å². The average Bonchev–Trinajstić information content (AvgIpc) is 2.16. The molecule has 0 aromatic rings. The van der Waals surface area contributed by atoms with Crippen LogP contribution in [0.3, 0.4) is 0 Å². The van der Waals surface area contributed by atoms with E-state index in [1.807, 2.05) is 13.8 Å². The average molecular weight is 241 g/mol. The van der Waals surface area contributed by atoms with Gasteiger partial charge in [0.05, 0.1) is 5.41 Å². The fraction of sp³-hybridized carbons (Fsp3) is 0.929. The van der Waals surface area contributed by atoms with Gasteiger partial charge in [0.25, 0.3) is 0 Å². The Hall–Kier alpha value is -0.570. The monoisotopic (exact) mass is 241 g/mol. The second-order valence-electron chi connectivity index (χ2n) is 6.55. The van der Waals surface area contributed by atoms with Gasteiger partial charge in [-0.15, -0.1) is 0 Å². The standard InChI is InChI=1S/C14H27NO2/c1-7-14(8-2)9-15(10-14)13(5,6)12(3,4)11(16)17/h7-10H2,1-6H3,(H,16,17). The van der Waals surface area contributed by atoms with Crippen molar-refractivity contribution in [2.45, 2.75) is 59.9 Å². The highest BCUT2D eigenvalue weighted by molar-refractivity contribution is 5.75. The third-order valence-corrected chi connectivity index (χ3v) is 5.41. The van der Waals surface area contributed by atoms with E-state index in [0.29, 0.717) is 5.41 Å². The van der Waals surface area contributed by atoms with Crippen LogP contribution in [0.25, 0.3) is 0 Å². The molecule has 0 saturated carbocycles. The minimum absolute atomic E-state index is 0.299. The van der Waals surface area contributed by atoms with Crippen LogP contribution in [0.15, 0.2) is 0 Å². The van der Waals surface area contributed by atoms with Crippen molar-refractivity contribution in [3.05, 3.63) is 0 Å². The number of carboxylic acids is 1. The maximum absolute atomic E-state index is 11.4. The van der Waals surface area contributed by atoms with Gasteiger partial charge in [-0.2, -0.15) is 0 Å². The van der Waals surface area contributed by atoms with Gasteiger partial charge in [0.15, 0.2) is 0 Å². The molecular formula is C14H27NO2. The summed E-state index contributed by atoms with van der Waals surface area (Å²) in [7, 11) is 0. The van der Waals surface area contributed by atoms with Crippen LogP contribution in [0.5, 0.6) is 0 Å². The van der Waals surface area contributed by atoms with E-state index in [2.05, 4.69) is 32.6 Å². The van der Waals surface area contributed by atoms with Gasteiger partial charge in [-0.25, -0.2) is 0 Å². The Balaban J connectivity index is 2.80. The van der Waals surface area contributed by atoms with E-state index in [4.69, 9.17) is 0 Å². The van der Waals surface area contributed by atoms with Gasteiger partial charge < -0.3 is 5.11 Å². The summed E-state index contributed by atoms with van der Waals surface area (Å²) < 4.78 is 0. The van der Waals surface area contributed by atoms with Crippen molar-refractivity contribution in [3.63, 3.8) is 0 Å². The topological polar surface area (TPSA) is 40.5 Å². The van der Waals surface area contributed by atoms with E-state index in [1.54, 1.807) is 0 Å². The Morgan fingerprint density at radius 2 is 1.59 bits per heavy atom. The quantitative estimate of drug-likeness (QED) is 0.804. The summed E-state index contributed by atoms with van der Waals surface area (Å²) in [5.41, 5.74) is -0.598. The van der Waals surface area contributed by atoms with Crippen molar-refractivity contribution >= 4 is 5.97 Å². The normalized spacial score (nSPS) is 21.1. The molecule has 1 N–H and O–H groups in total. The lowest BCUT2D eigenvalue weighted by Gasteiger charge is -2.59.